The molecule has 9 nitrogen and oxygen atoms in total. The predicted molar refractivity (Wildman–Crippen MR) is 124 cm³/mol. The van der Waals surface area contributed by atoms with Gasteiger partial charge in [0.2, 0.25) is 11.9 Å². The van der Waals surface area contributed by atoms with Crippen molar-refractivity contribution in [2.75, 3.05) is 55.0 Å². The van der Waals surface area contributed by atoms with Crippen molar-refractivity contribution in [2.24, 2.45) is 0 Å². The zero-order valence-corrected chi connectivity index (χ0v) is 18.6. The van der Waals surface area contributed by atoms with Crippen LogP contribution in [0.15, 0.2) is 30.3 Å². The molecule has 4 heterocycles. The van der Waals surface area contributed by atoms with Crippen LogP contribution in [0.1, 0.15) is 13.8 Å². The molecule has 0 radical (unpaired) electrons. The number of nitrogen functional groups attached to an aromatic ring is 1. The Morgan fingerprint density at radius 2 is 1.71 bits per heavy atom. The molecular formula is C21H28ClN7O2. The summed E-state index contributed by atoms with van der Waals surface area (Å²) >= 11 is 0. The van der Waals surface area contributed by atoms with Crippen molar-refractivity contribution < 1.29 is 9.47 Å². The lowest BCUT2D eigenvalue weighted by atomic mass is 10.1. The van der Waals surface area contributed by atoms with Crippen molar-refractivity contribution in [1.29, 1.82) is 0 Å². The standard InChI is InChI=1S/C21H27N7O2.ClH/c1-14-15(2)30-12-9-27(14)19-13-18(26-7-10-29-11-8-26)24-21(25-19)28-17-6-4-3-5-16(17)23-20(28)22;/h3-6,13-15H,7-12H2,1-2H3,(H2,22,23);1H/t14-,15-;/m0./s1. The van der Waals surface area contributed by atoms with Crippen molar-refractivity contribution in [2.45, 2.75) is 26.0 Å². The molecule has 5 rings (SSSR count). The second-order valence-electron chi connectivity index (χ2n) is 7.79. The van der Waals surface area contributed by atoms with E-state index in [-0.39, 0.29) is 24.6 Å². The Bertz CT molecular complexity index is 1050. The molecule has 2 aromatic heterocycles. The number of aromatic nitrogens is 4. The van der Waals surface area contributed by atoms with E-state index in [0.29, 0.717) is 31.7 Å². The Hall–Kier alpha value is -2.62. The molecule has 2 fully saturated rings. The number of imidazole rings is 1. The molecular weight excluding hydrogens is 418 g/mol. The van der Waals surface area contributed by atoms with Crippen LogP contribution in [-0.4, -0.2) is 71.1 Å². The lowest BCUT2D eigenvalue weighted by Gasteiger charge is -2.39. The van der Waals surface area contributed by atoms with Crippen LogP contribution in [0.4, 0.5) is 17.6 Å². The summed E-state index contributed by atoms with van der Waals surface area (Å²) in [6.45, 7) is 8.70. The molecule has 0 aliphatic carbocycles. The predicted octanol–water partition coefficient (Wildman–Crippen LogP) is 2.27. The molecule has 0 unspecified atom stereocenters. The molecule has 10 heteroatoms. The number of para-hydroxylation sites is 2. The van der Waals surface area contributed by atoms with Gasteiger partial charge in [-0.3, -0.25) is 0 Å². The summed E-state index contributed by atoms with van der Waals surface area (Å²) in [5, 5.41) is 0. The van der Waals surface area contributed by atoms with E-state index in [2.05, 4.69) is 34.7 Å². The third-order valence-corrected chi connectivity index (χ3v) is 5.99. The van der Waals surface area contributed by atoms with Gasteiger partial charge in [0.05, 0.1) is 43.0 Å². The number of anilines is 3. The number of benzene rings is 1. The average Bonchev–Trinajstić information content (AvgIpc) is 3.11. The van der Waals surface area contributed by atoms with Crippen LogP contribution < -0.4 is 15.5 Å². The summed E-state index contributed by atoms with van der Waals surface area (Å²) in [5.74, 6) is 2.67. The molecule has 0 saturated carbocycles. The molecule has 31 heavy (non-hydrogen) atoms. The highest BCUT2D eigenvalue weighted by atomic mass is 35.5. The summed E-state index contributed by atoms with van der Waals surface area (Å²) in [5.41, 5.74) is 8.01. The minimum Gasteiger partial charge on any atom is -0.378 e. The maximum atomic E-state index is 6.30. The van der Waals surface area contributed by atoms with Crippen LogP contribution in [0.25, 0.3) is 17.0 Å². The lowest BCUT2D eigenvalue weighted by molar-refractivity contribution is 0.0281. The fourth-order valence-electron chi connectivity index (χ4n) is 4.12. The van der Waals surface area contributed by atoms with E-state index in [1.807, 2.05) is 28.8 Å². The number of rotatable bonds is 3. The zero-order valence-electron chi connectivity index (χ0n) is 17.8. The molecule has 2 aliphatic rings. The van der Waals surface area contributed by atoms with E-state index in [0.717, 1.165) is 42.3 Å². The van der Waals surface area contributed by atoms with E-state index >= 15 is 0 Å². The highest BCUT2D eigenvalue weighted by molar-refractivity contribution is 5.85. The quantitative estimate of drug-likeness (QED) is 0.656. The van der Waals surface area contributed by atoms with Crippen LogP contribution >= 0.6 is 12.4 Å². The fourth-order valence-corrected chi connectivity index (χ4v) is 4.12. The van der Waals surface area contributed by atoms with E-state index in [9.17, 15) is 0 Å². The number of fused-ring (bicyclic) bond motifs is 1. The number of hydrogen-bond acceptors (Lipinski definition) is 8. The van der Waals surface area contributed by atoms with Gasteiger partial charge in [0.15, 0.2) is 0 Å². The van der Waals surface area contributed by atoms with Gasteiger partial charge in [-0.05, 0) is 26.0 Å². The number of nitrogens with zero attached hydrogens (tertiary/aromatic N) is 6. The van der Waals surface area contributed by atoms with Crippen molar-refractivity contribution >= 4 is 41.0 Å². The summed E-state index contributed by atoms with van der Waals surface area (Å²) in [7, 11) is 0. The number of halogens is 1. The van der Waals surface area contributed by atoms with Gasteiger partial charge in [-0.1, -0.05) is 12.1 Å². The van der Waals surface area contributed by atoms with Crippen molar-refractivity contribution in [3.63, 3.8) is 0 Å². The maximum absolute atomic E-state index is 6.30. The van der Waals surface area contributed by atoms with Gasteiger partial charge < -0.3 is 25.0 Å². The lowest BCUT2D eigenvalue weighted by Crippen LogP contribution is -2.49. The Labute approximate surface area is 187 Å². The molecule has 2 atom stereocenters. The van der Waals surface area contributed by atoms with Gasteiger partial charge in [0.1, 0.15) is 11.6 Å². The molecule has 0 bridgehead atoms. The van der Waals surface area contributed by atoms with E-state index in [4.69, 9.17) is 25.2 Å². The zero-order chi connectivity index (χ0) is 20.7. The van der Waals surface area contributed by atoms with Gasteiger partial charge in [-0.15, -0.1) is 12.4 Å². The van der Waals surface area contributed by atoms with Gasteiger partial charge in [-0.25, -0.2) is 9.55 Å². The summed E-state index contributed by atoms with van der Waals surface area (Å²) < 4.78 is 13.2. The van der Waals surface area contributed by atoms with Crippen molar-refractivity contribution in [3.05, 3.63) is 30.3 Å². The first-order chi connectivity index (χ1) is 14.6. The van der Waals surface area contributed by atoms with Gasteiger partial charge in [0, 0.05) is 25.7 Å². The highest BCUT2D eigenvalue weighted by Gasteiger charge is 2.28. The van der Waals surface area contributed by atoms with Gasteiger partial charge >= 0.3 is 0 Å². The maximum Gasteiger partial charge on any atom is 0.241 e. The first kappa shape index (κ1) is 21.6. The molecule has 2 N–H and O–H groups in total. The highest BCUT2D eigenvalue weighted by Crippen LogP contribution is 2.28. The number of hydrogen-bond donors (Lipinski definition) is 1. The van der Waals surface area contributed by atoms with Crippen LogP contribution in [-0.2, 0) is 9.47 Å². The Morgan fingerprint density at radius 1 is 0.968 bits per heavy atom. The fraction of sp³-hybridized carbons (Fsp3) is 0.476. The van der Waals surface area contributed by atoms with Crippen LogP contribution in [0.3, 0.4) is 0 Å². The van der Waals surface area contributed by atoms with E-state index in [1.165, 1.54) is 0 Å². The van der Waals surface area contributed by atoms with Crippen LogP contribution in [0.5, 0.6) is 0 Å². The minimum absolute atomic E-state index is 0. The molecule has 1 aromatic carbocycles. The molecule has 166 valence electrons. The normalized spacial score (nSPS) is 21.9. The second kappa shape index (κ2) is 8.86. The summed E-state index contributed by atoms with van der Waals surface area (Å²) in [6.07, 6.45) is 0.128. The van der Waals surface area contributed by atoms with Crippen LogP contribution in [0, 0.1) is 0 Å². The number of ether oxygens (including phenoxy) is 2. The molecule has 0 spiro atoms. The van der Waals surface area contributed by atoms with E-state index in [1.54, 1.807) is 0 Å². The van der Waals surface area contributed by atoms with E-state index < -0.39 is 0 Å². The third kappa shape index (κ3) is 4.00. The van der Waals surface area contributed by atoms with Crippen molar-refractivity contribution in [3.8, 4) is 5.95 Å². The summed E-state index contributed by atoms with van der Waals surface area (Å²) in [6, 6.07) is 10.1. The van der Waals surface area contributed by atoms with Crippen molar-refractivity contribution in [1.82, 2.24) is 19.5 Å². The average molecular weight is 446 g/mol. The Kier molecular flexibility index (Phi) is 6.17. The molecule has 0 amide bonds. The minimum atomic E-state index is 0. The number of nitrogens with two attached hydrogens (primary N) is 1. The molecule has 2 aliphatic heterocycles. The monoisotopic (exact) mass is 445 g/mol. The SMILES string of the molecule is C[C@@H]1OCCN(c2cc(N3CCOCC3)nc(-n3c(N)nc4ccccc43)n2)[C@H]1C.Cl. The smallest absolute Gasteiger partial charge is 0.241 e. The first-order valence-electron chi connectivity index (χ1n) is 10.4. The van der Waals surface area contributed by atoms with Gasteiger partial charge in [-0.2, -0.15) is 9.97 Å². The number of morpholine rings is 2. The molecule has 2 saturated heterocycles. The molecule has 3 aromatic rings. The van der Waals surface area contributed by atoms with Gasteiger partial charge in [0.25, 0.3) is 0 Å². The topological polar surface area (TPSA) is 94.6 Å². The third-order valence-electron chi connectivity index (χ3n) is 5.99. The van der Waals surface area contributed by atoms with Crippen LogP contribution in [0.2, 0.25) is 0 Å². The second-order valence-corrected chi connectivity index (χ2v) is 7.79. The Balaban J connectivity index is 0.00000231. The first-order valence-corrected chi connectivity index (χ1v) is 10.4. The Morgan fingerprint density at radius 3 is 2.52 bits per heavy atom. The summed E-state index contributed by atoms with van der Waals surface area (Å²) in [4.78, 5) is 18.9. The largest absolute Gasteiger partial charge is 0.378 e.